The fraction of sp³-hybridized carbons (Fsp3) is 0.833. The molecule has 0 aliphatic heterocycles. The molecule has 1 heterocycles. The van der Waals surface area contributed by atoms with Crippen molar-refractivity contribution in [2.24, 2.45) is 11.7 Å². The molecule has 1 aliphatic rings. The third kappa shape index (κ3) is 3.78. The van der Waals surface area contributed by atoms with E-state index in [2.05, 4.69) is 29.1 Å². The molecule has 0 bridgehead atoms. The van der Waals surface area contributed by atoms with Crippen molar-refractivity contribution in [3.8, 4) is 0 Å². The minimum absolute atomic E-state index is 0.565. The van der Waals surface area contributed by atoms with Gasteiger partial charge in [-0.2, -0.15) is 0 Å². The average molecular weight is 237 g/mol. The van der Waals surface area contributed by atoms with Crippen molar-refractivity contribution < 1.29 is 0 Å². The maximum absolute atomic E-state index is 5.49. The molecular formula is C12H23N5. The summed E-state index contributed by atoms with van der Waals surface area (Å²) in [5.41, 5.74) is 6.54. The molecule has 5 nitrogen and oxygen atoms in total. The van der Waals surface area contributed by atoms with Crippen LogP contribution in [-0.4, -0.2) is 39.0 Å². The fourth-order valence-electron chi connectivity index (χ4n) is 1.95. The second-order valence-electron chi connectivity index (χ2n) is 5.23. The Hall–Kier alpha value is -0.940. The molecule has 0 radical (unpaired) electrons. The molecule has 0 saturated heterocycles. The average Bonchev–Trinajstić information content (AvgIpc) is 2.99. The standard InChI is InChI=1S/C12H23N5/c1-10(2)16(7-11-3-4-11)8-12-9-17(6-5-13)15-14-12/h9-11H,3-8,13H2,1-2H3. The summed E-state index contributed by atoms with van der Waals surface area (Å²) in [6.07, 6.45) is 4.79. The molecule has 0 amide bonds. The van der Waals surface area contributed by atoms with Crippen molar-refractivity contribution in [2.75, 3.05) is 13.1 Å². The van der Waals surface area contributed by atoms with E-state index in [1.807, 2.05) is 10.9 Å². The molecule has 17 heavy (non-hydrogen) atoms. The number of aromatic nitrogens is 3. The van der Waals surface area contributed by atoms with E-state index in [0.717, 1.165) is 24.7 Å². The van der Waals surface area contributed by atoms with Crippen LogP contribution in [0, 0.1) is 5.92 Å². The van der Waals surface area contributed by atoms with Crippen LogP contribution in [0.4, 0.5) is 0 Å². The van der Waals surface area contributed by atoms with E-state index in [-0.39, 0.29) is 0 Å². The fourth-order valence-corrected chi connectivity index (χ4v) is 1.95. The zero-order valence-electron chi connectivity index (χ0n) is 10.8. The Kier molecular flexibility index (Phi) is 4.12. The summed E-state index contributed by atoms with van der Waals surface area (Å²) in [5.74, 6) is 0.913. The van der Waals surface area contributed by atoms with Gasteiger partial charge in [-0.15, -0.1) is 5.10 Å². The second-order valence-corrected chi connectivity index (χ2v) is 5.23. The monoisotopic (exact) mass is 237 g/mol. The van der Waals surface area contributed by atoms with Crippen LogP contribution in [0.3, 0.4) is 0 Å². The lowest BCUT2D eigenvalue weighted by atomic mass is 10.2. The predicted octanol–water partition coefficient (Wildman–Crippen LogP) is 0.857. The normalized spacial score (nSPS) is 16.1. The van der Waals surface area contributed by atoms with Crippen molar-refractivity contribution in [1.29, 1.82) is 0 Å². The predicted molar refractivity (Wildman–Crippen MR) is 67.3 cm³/mol. The van der Waals surface area contributed by atoms with Crippen LogP contribution in [0.25, 0.3) is 0 Å². The molecule has 5 heteroatoms. The van der Waals surface area contributed by atoms with Crippen molar-refractivity contribution >= 4 is 0 Å². The Morgan fingerprint density at radius 3 is 2.88 bits per heavy atom. The highest BCUT2D eigenvalue weighted by atomic mass is 15.4. The van der Waals surface area contributed by atoms with Gasteiger partial charge in [-0.25, -0.2) is 0 Å². The van der Waals surface area contributed by atoms with Gasteiger partial charge >= 0.3 is 0 Å². The quantitative estimate of drug-likeness (QED) is 0.764. The first-order valence-corrected chi connectivity index (χ1v) is 6.52. The van der Waals surface area contributed by atoms with Gasteiger partial charge in [0, 0.05) is 31.9 Å². The molecule has 2 rings (SSSR count). The van der Waals surface area contributed by atoms with Crippen LogP contribution in [0.15, 0.2) is 6.20 Å². The van der Waals surface area contributed by atoms with Gasteiger partial charge < -0.3 is 5.73 Å². The van der Waals surface area contributed by atoms with Crippen LogP contribution >= 0.6 is 0 Å². The van der Waals surface area contributed by atoms with E-state index < -0.39 is 0 Å². The van der Waals surface area contributed by atoms with Crippen molar-refractivity contribution in [2.45, 2.75) is 45.8 Å². The van der Waals surface area contributed by atoms with Crippen LogP contribution in [0.1, 0.15) is 32.4 Å². The number of rotatable bonds is 7. The van der Waals surface area contributed by atoms with Crippen LogP contribution < -0.4 is 5.73 Å². The molecule has 1 aromatic heterocycles. The Morgan fingerprint density at radius 2 is 2.29 bits per heavy atom. The summed E-state index contributed by atoms with van der Waals surface area (Å²) in [6, 6.07) is 0.565. The third-order valence-electron chi connectivity index (χ3n) is 3.23. The van der Waals surface area contributed by atoms with E-state index >= 15 is 0 Å². The molecule has 0 atom stereocenters. The second kappa shape index (κ2) is 5.60. The zero-order valence-corrected chi connectivity index (χ0v) is 10.8. The van der Waals surface area contributed by atoms with Gasteiger partial charge in [0.2, 0.25) is 0 Å². The van der Waals surface area contributed by atoms with Crippen LogP contribution in [-0.2, 0) is 13.1 Å². The molecule has 1 saturated carbocycles. The third-order valence-corrected chi connectivity index (χ3v) is 3.23. The van der Waals surface area contributed by atoms with Crippen molar-refractivity contribution in [3.05, 3.63) is 11.9 Å². The summed E-state index contributed by atoms with van der Waals surface area (Å²) in [6.45, 7) is 7.94. The van der Waals surface area contributed by atoms with Crippen molar-refractivity contribution in [1.82, 2.24) is 19.9 Å². The van der Waals surface area contributed by atoms with E-state index in [9.17, 15) is 0 Å². The molecule has 96 valence electrons. The summed E-state index contributed by atoms with van der Waals surface area (Å²) in [7, 11) is 0. The van der Waals surface area contributed by atoms with Gasteiger partial charge in [0.25, 0.3) is 0 Å². The highest BCUT2D eigenvalue weighted by molar-refractivity contribution is 4.93. The topological polar surface area (TPSA) is 60.0 Å². The highest BCUT2D eigenvalue weighted by Gasteiger charge is 2.25. The summed E-state index contributed by atoms with van der Waals surface area (Å²) >= 11 is 0. The maximum Gasteiger partial charge on any atom is 0.0967 e. The van der Waals surface area contributed by atoms with E-state index in [0.29, 0.717) is 12.6 Å². The van der Waals surface area contributed by atoms with E-state index in [1.165, 1.54) is 19.4 Å². The SMILES string of the molecule is CC(C)N(Cc1cn(CCN)nn1)CC1CC1. The van der Waals surface area contributed by atoms with E-state index in [4.69, 9.17) is 5.73 Å². The molecule has 0 spiro atoms. The van der Waals surface area contributed by atoms with E-state index in [1.54, 1.807) is 0 Å². The largest absolute Gasteiger partial charge is 0.329 e. The molecule has 0 aromatic carbocycles. The number of nitrogens with zero attached hydrogens (tertiary/aromatic N) is 4. The minimum Gasteiger partial charge on any atom is -0.329 e. The zero-order chi connectivity index (χ0) is 12.3. The Morgan fingerprint density at radius 1 is 1.53 bits per heavy atom. The first kappa shape index (κ1) is 12.5. The molecule has 1 fully saturated rings. The first-order chi connectivity index (χ1) is 8.19. The maximum atomic E-state index is 5.49. The van der Waals surface area contributed by atoms with Gasteiger partial charge in [0.15, 0.2) is 0 Å². The van der Waals surface area contributed by atoms with Gasteiger partial charge in [-0.05, 0) is 32.6 Å². The lowest BCUT2D eigenvalue weighted by molar-refractivity contribution is 0.201. The van der Waals surface area contributed by atoms with Gasteiger partial charge in [-0.1, -0.05) is 5.21 Å². The molecule has 0 unspecified atom stereocenters. The van der Waals surface area contributed by atoms with Gasteiger partial charge in [0.1, 0.15) is 0 Å². The Balaban J connectivity index is 1.90. The number of hydrogen-bond acceptors (Lipinski definition) is 4. The van der Waals surface area contributed by atoms with Crippen LogP contribution in [0.2, 0.25) is 0 Å². The lowest BCUT2D eigenvalue weighted by Crippen LogP contribution is -2.32. The number of nitrogens with two attached hydrogens (primary N) is 1. The minimum atomic E-state index is 0.565. The molecule has 1 aliphatic carbocycles. The molecule has 1 aromatic rings. The highest BCUT2D eigenvalue weighted by Crippen LogP contribution is 2.30. The van der Waals surface area contributed by atoms with Crippen molar-refractivity contribution in [3.63, 3.8) is 0 Å². The summed E-state index contributed by atoms with van der Waals surface area (Å²) < 4.78 is 1.82. The summed E-state index contributed by atoms with van der Waals surface area (Å²) in [5, 5.41) is 8.27. The molecular weight excluding hydrogens is 214 g/mol. The number of hydrogen-bond donors (Lipinski definition) is 1. The van der Waals surface area contributed by atoms with Gasteiger partial charge in [0.05, 0.1) is 12.2 Å². The molecule has 2 N–H and O–H groups in total. The van der Waals surface area contributed by atoms with Gasteiger partial charge in [-0.3, -0.25) is 9.58 Å². The Labute approximate surface area is 103 Å². The van der Waals surface area contributed by atoms with Crippen LogP contribution in [0.5, 0.6) is 0 Å². The smallest absolute Gasteiger partial charge is 0.0967 e. The first-order valence-electron chi connectivity index (χ1n) is 6.52. The lowest BCUT2D eigenvalue weighted by Gasteiger charge is -2.25. The Bertz CT molecular complexity index is 342. The summed E-state index contributed by atoms with van der Waals surface area (Å²) in [4.78, 5) is 2.48.